The minimum absolute atomic E-state index is 0.896. The lowest BCUT2D eigenvalue weighted by Gasteiger charge is -2.29. The summed E-state index contributed by atoms with van der Waals surface area (Å²) in [6, 6.07) is 81.8. The molecule has 0 radical (unpaired) electrons. The van der Waals surface area contributed by atoms with Crippen LogP contribution in [0.3, 0.4) is 0 Å². The van der Waals surface area contributed by atoms with Crippen LogP contribution in [-0.2, 0) is 0 Å². The number of fused-ring (bicyclic) bond motifs is 3. The van der Waals surface area contributed by atoms with Crippen LogP contribution in [-0.4, -0.2) is 0 Å². The van der Waals surface area contributed by atoms with Gasteiger partial charge in [0.25, 0.3) is 0 Å². The molecule has 0 aliphatic heterocycles. The van der Waals surface area contributed by atoms with Crippen molar-refractivity contribution in [3.05, 3.63) is 231 Å². The lowest BCUT2D eigenvalue weighted by Crippen LogP contribution is -2.12. The molecular weight excluding hydrogens is 693 g/mol. The van der Waals surface area contributed by atoms with Crippen LogP contribution in [0.25, 0.3) is 55.3 Å². The molecule has 57 heavy (non-hydrogen) atoms. The Kier molecular flexibility index (Phi) is 8.86. The number of benzene rings is 9. The minimum Gasteiger partial charge on any atom is -0.456 e. The predicted molar refractivity (Wildman–Crippen MR) is 239 cm³/mol. The number of rotatable bonds is 9. The Labute approximate surface area is 333 Å². The fourth-order valence-electron chi connectivity index (χ4n) is 7.90. The Balaban J connectivity index is 1.07. The van der Waals surface area contributed by atoms with Gasteiger partial charge in [-0.3, -0.25) is 0 Å². The van der Waals surface area contributed by atoms with Gasteiger partial charge < -0.3 is 14.2 Å². The Morgan fingerprint density at radius 1 is 0.263 bits per heavy atom. The van der Waals surface area contributed by atoms with Gasteiger partial charge in [-0.2, -0.15) is 0 Å². The monoisotopic (exact) mass is 730 g/mol. The molecule has 0 N–H and O–H groups in total. The molecule has 0 fully saturated rings. The molecule has 0 unspecified atom stereocenters. The second kappa shape index (κ2) is 14.9. The molecule has 270 valence electrons. The third-order valence-electron chi connectivity index (χ3n) is 10.7. The summed E-state index contributed by atoms with van der Waals surface area (Å²) < 4.78 is 6.25. The maximum atomic E-state index is 6.25. The zero-order valence-corrected chi connectivity index (χ0v) is 31.2. The van der Waals surface area contributed by atoms with Crippen molar-refractivity contribution in [2.24, 2.45) is 0 Å². The van der Waals surface area contributed by atoms with Crippen LogP contribution in [0, 0.1) is 0 Å². The molecule has 0 amide bonds. The molecule has 0 atom stereocenters. The second-order valence-electron chi connectivity index (χ2n) is 14.2. The molecule has 0 saturated carbocycles. The van der Waals surface area contributed by atoms with Crippen molar-refractivity contribution < 1.29 is 4.42 Å². The van der Waals surface area contributed by atoms with E-state index in [1.165, 1.54) is 11.1 Å². The molecular formula is C54H38N2O. The van der Waals surface area contributed by atoms with Gasteiger partial charge in [0.15, 0.2) is 0 Å². The SMILES string of the molecule is c1ccc(-c2ccc(N(c3ccc(-c4ccc5c(c4)oc4ccccc45)cc3)c3ccccc3-c3cccc(N(c4ccccc4)c4ccccc4)c3)cc2)cc1. The molecule has 0 saturated heterocycles. The number of para-hydroxylation sites is 4. The van der Waals surface area contributed by atoms with E-state index in [0.29, 0.717) is 0 Å². The van der Waals surface area contributed by atoms with Gasteiger partial charge in [0.05, 0.1) is 5.69 Å². The van der Waals surface area contributed by atoms with Crippen molar-refractivity contribution >= 4 is 56.1 Å². The molecule has 10 aromatic rings. The van der Waals surface area contributed by atoms with Gasteiger partial charge in [-0.1, -0.05) is 146 Å². The van der Waals surface area contributed by atoms with Crippen LogP contribution in [0.2, 0.25) is 0 Å². The first kappa shape index (κ1) is 33.9. The third-order valence-corrected chi connectivity index (χ3v) is 10.7. The van der Waals surface area contributed by atoms with Crippen LogP contribution < -0.4 is 9.80 Å². The standard InChI is InChI=1S/C54H38N2O/c1-4-15-39(16-5-1)40-27-32-46(33-28-40)56(47-34-29-41(30-35-47)42-31-36-51-50-24-11-13-26-53(50)57-54(51)38-42)52-25-12-10-23-49(52)43-17-14-22-48(37-43)55(44-18-6-2-7-19-44)45-20-8-3-9-21-45/h1-38H. The van der Waals surface area contributed by atoms with Gasteiger partial charge in [-0.05, 0) is 113 Å². The maximum absolute atomic E-state index is 6.25. The van der Waals surface area contributed by atoms with Gasteiger partial charge in [0.2, 0.25) is 0 Å². The van der Waals surface area contributed by atoms with Crippen molar-refractivity contribution in [1.29, 1.82) is 0 Å². The molecule has 0 bridgehead atoms. The number of hydrogen-bond acceptors (Lipinski definition) is 3. The maximum Gasteiger partial charge on any atom is 0.136 e. The van der Waals surface area contributed by atoms with Crippen molar-refractivity contribution in [2.75, 3.05) is 9.80 Å². The average molecular weight is 731 g/mol. The lowest BCUT2D eigenvalue weighted by molar-refractivity contribution is 0.669. The van der Waals surface area contributed by atoms with E-state index < -0.39 is 0 Å². The summed E-state index contributed by atoms with van der Waals surface area (Å²) in [5.41, 5.74) is 15.2. The normalized spacial score (nSPS) is 11.2. The highest BCUT2D eigenvalue weighted by molar-refractivity contribution is 6.06. The van der Waals surface area contributed by atoms with E-state index in [2.05, 4.69) is 228 Å². The lowest BCUT2D eigenvalue weighted by atomic mass is 9.99. The average Bonchev–Trinajstić information content (AvgIpc) is 3.66. The summed E-state index contributed by atoms with van der Waals surface area (Å²) in [5, 5.41) is 2.27. The fourth-order valence-corrected chi connectivity index (χ4v) is 7.90. The summed E-state index contributed by atoms with van der Waals surface area (Å²) >= 11 is 0. The zero-order valence-electron chi connectivity index (χ0n) is 31.2. The molecule has 10 rings (SSSR count). The van der Waals surface area contributed by atoms with Gasteiger partial charge in [-0.25, -0.2) is 0 Å². The van der Waals surface area contributed by atoms with Gasteiger partial charge in [0.1, 0.15) is 11.2 Å². The smallest absolute Gasteiger partial charge is 0.136 e. The first-order chi connectivity index (χ1) is 28.3. The number of furan rings is 1. The third kappa shape index (κ3) is 6.62. The topological polar surface area (TPSA) is 19.6 Å². The first-order valence-electron chi connectivity index (χ1n) is 19.3. The molecule has 3 nitrogen and oxygen atoms in total. The molecule has 0 aliphatic rings. The summed E-state index contributed by atoms with van der Waals surface area (Å²) in [5.74, 6) is 0. The van der Waals surface area contributed by atoms with Crippen LogP contribution >= 0.6 is 0 Å². The van der Waals surface area contributed by atoms with Crippen LogP contribution in [0.1, 0.15) is 0 Å². The minimum atomic E-state index is 0.896. The van der Waals surface area contributed by atoms with E-state index in [9.17, 15) is 0 Å². The molecule has 0 spiro atoms. The molecule has 1 heterocycles. The zero-order chi connectivity index (χ0) is 38.0. The summed E-state index contributed by atoms with van der Waals surface area (Å²) in [4.78, 5) is 4.68. The molecule has 3 heteroatoms. The van der Waals surface area contributed by atoms with Crippen LogP contribution in [0.4, 0.5) is 34.1 Å². The highest BCUT2D eigenvalue weighted by Crippen LogP contribution is 2.44. The van der Waals surface area contributed by atoms with E-state index >= 15 is 0 Å². The van der Waals surface area contributed by atoms with E-state index in [0.717, 1.165) is 78.3 Å². The van der Waals surface area contributed by atoms with Crippen LogP contribution in [0.5, 0.6) is 0 Å². The van der Waals surface area contributed by atoms with Crippen LogP contribution in [0.15, 0.2) is 235 Å². The molecule has 1 aromatic heterocycles. The summed E-state index contributed by atoms with van der Waals surface area (Å²) in [6.45, 7) is 0. The number of anilines is 6. The van der Waals surface area contributed by atoms with Crippen molar-refractivity contribution in [3.8, 4) is 33.4 Å². The van der Waals surface area contributed by atoms with E-state index in [1.54, 1.807) is 0 Å². The summed E-state index contributed by atoms with van der Waals surface area (Å²) in [6.07, 6.45) is 0. The first-order valence-corrected chi connectivity index (χ1v) is 19.3. The fraction of sp³-hybridized carbons (Fsp3) is 0. The van der Waals surface area contributed by atoms with Gasteiger partial charge in [0, 0.05) is 44.8 Å². The number of hydrogen-bond donors (Lipinski definition) is 0. The Morgan fingerprint density at radius 2 is 0.737 bits per heavy atom. The summed E-state index contributed by atoms with van der Waals surface area (Å²) in [7, 11) is 0. The highest BCUT2D eigenvalue weighted by atomic mass is 16.3. The van der Waals surface area contributed by atoms with Crippen molar-refractivity contribution in [3.63, 3.8) is 0 Å². The Hall–Kier alpha value is -7.62. The Morgan fingerprint density at radius 3 is 1.42 bits per heavy atom. The highest BCUT2D eigenvalue weighted by Gasteiger charge is 2.19. The van der Waals surface area contributed by atoms with Crippen molar-refractivity contribution in [1.82, 2.24) is 0 Å². The quantitative estimate of drug-likeness (QED) is 0.147. The molecule has 9 aromatic carbocycles. The van der Waals surface area contributed by atoms with Crippen molar-refractivity contribution in [2.45, 2.75) is 0 Å². The van der Waals surface area contributed by atoms with Gasteiger partial charge in [-0.15, -0.1) is 0 Å². The Bertz CT molecular complexity index is 2900. The molecule has 0 aliphatic carbocycles. The number of nitrogens with zero attached hydrogens (tertiary/aromatic N) is 2. The predicted octanol–water partition coefficient (Wildman–Crippen LogP) is 15.5. The van der Waals surface area contributed by atoms with E-state index in [1.807, 2.05) is 12.1 Å². The van der Waals surface area contributed by atoms with E-state index in [4.69, 9.17) is 4.42 Å². The van der Waals surface area contributed by atoms with Gasteiger partial charge >= 0.3 is 0 Å². The second-order valence-corrected chi connectivity index (χ2v) is 14.2. The van der Waals surface area contributed by atoms with E-state index in [-0.39, 0.29) is 0 Å². The largest absolute Gasteiger partial charge is 0.456 e.